The first kappa shape index (κ1) is 9.37. The van der Waals surface area contributed by atoms with Gasteiger partial charge in [0.25, 0.3) is 0 Å². The van der Waals surface area contributed by atoms with Crippen LogP contribution in [0.5, 0.6) is 5.75 Å². The quantitative estimate of drug-likeness (QED) is 0.625. The van der Waals surface area contributed by atoms with E-state index in [9.17, 15) is 13.2 Å². The first-order valence-corrected chi connectivity index (χ1v) is 4.15. The number of ether oxygens (including phenoxy) is 1. The van der Waals surface area contributed by atoms with Gasteiger partial charge >= 0.3 is 6.18 Å². The van der Waals surface area contributed by atoms with Gasteiger partial charge in [-0.1, -0.05) is 6.07 Å². The van der Waals surface area contributed by atoms with Crippen molar-refractivity contribution in [2.45, 2.75) is 12.6 Å². The van der Waals surface area contributed by atoms with Crippen LogP contribution in [0.2, 0.25) is 0 Å². The highest BCUT2D eigenvalue weighted by Gasteiger charge is 2.31. The summed E-state index contributed by atoms with van der Waals surface area (Å²) in [5.41, 5.74) is -0.0656. The molecule has 0 saturated carbocycles. The predicted octanol–water partition coefficient (Wildman–Crippen LogP) is 2.92. The van der Waals surface area contributed by atoms with Gasteiger partial charge in [-0.05, 0) is 18.6 Å². The van der Waals surface area contributed by atoms with Crippen molar-refractivity contribution < 1.29 is 17.9 Å². The average Bonchev–Trinajstić information content (AvgIpc) is 2.16. The second-order valence-corrected chi connectivity index (χ2v) is 2.98. The molecule has 0 bridgehead atoms. The topological polar surface area (TPSA) is 9.23 Å². The van der Waals surface area contributed by atoms with Gasteiger partial charge in [-0.3, -0.25) is 0 Å². The number of hydrogen-bond acceptors (Lipinski definition) is 1. The first-order chi connectivity index (χ1) is 6.57. The fraction of sp³-hybridized carbons (Fsp3) is 0.300. The van der Waals surface area contributed by atoms with E-state index in [0.717, 1.165) is 12.1 Å². The molecule has 0 unspecified atom stereocenters. The summed E-state index contributed by atoms with van der Waals surface area (Å²) in [6.45, 7) is 0.397. The van der Waals surface area contributed by atoms with Crippen LogP contribution in [0, 0.1) is 6.42 Å². The van der Waals surface area contributed by atoms with Crippen molar-refractivity contribution >= 4 is 0 Å². The van der Waals surface area contributed by atoms with Crippen molar-refractivity contribution in [3.05, 3.63) is 35.7 Å². The zero-order valence-electron chi connectivity index (χ0n) is 7.19. The van der Waals surface area contributed by atoms with Crippen molar-refractivity contribution in [3.63, 3.8) is 0 Å². The second-order valence-electron chi connectivity index (χ2n) is 2.98. The van der Waals surface area contributed by atoms with Crippen LogP contribution in [-0.2, 0) is 6.18 Å². The molecule has 74 valence electrons. The zero-order valence-corrected chi connectivity index (χ0v) is 7.19. The largest absolute Gasteiger partial charge is 0.493 e. The highest BCUT2D eigenvalue weighted by Crippen LogP contribution is 2.35. The van der Waals surface area contributed by atoms with E-state index in [1.54, 1.807) is 0 Å². The Hall–Kier alpha value is -1.19. The molecule has 0 aliphatic carbocycles. The highest BCUT2D eigenvalue weighted by molar-refractivity contribution is 5.43. The van der Waals surface area contributed by atoms with Gasteiger partial charge in [0.1, 0.15) is 5.75 Å². The molecule has 1 aliphatic rings. The van der Waals surface area contributed by atoms with Gasteiger partial charge in [0.15, 0.2) is 0 Å². The molecule has 4 heteroatoms. The Bertz CT molecular complexity index is 344. The normalized spacial score (nSPS) is 15.9. The Morgan fingerprint density at radius 1 is 1.29 bits per heavy atom. The molecule has 1 aromatic rings. The molecule has 1 aliphatic heterocycles. The third-order valence-electron chi connectivity index (χ3n) is 1.98. The Kier molecular flexibility index (Phi) is 2.13. The molecular weight excluding hydrogens is 193 g/mol. The Morgan fingerprint density at radius 3 is 2.79 bits per heavy atom. The lowest BCUT2D eigenvalue weighted by Crippen LogP contribution is -2.10. The standard InChI is InChI=1S/C10H7F3O/c11-10(12,13)8-4-3-7-2-1-5-14-9(7)6-8/h3-4,6H,1,5H2. The van der Waals surface area contributed by atoms with Crippen LogP contribution in [0.1, 0.15) is 17.5 Å². The zero-order chi connectivity index (χ0) is 10.2. The summed E-state index contributed by atoms with van der Waals surface area (Å²) < 4.78 is 41.9. The van der Waals surface area contributed by atoms with E-state index in [2.05, 4.69) is 6.42 Å². The highest BCUT2D eigenvalue weighted by atomic mass is 19.4. The van der Waals surface area contributed by atoms with Crippen LogP contribution in [0.15, 0.2) is 18.2 Å². The summed E-state index contributed by atoms with van der Waals surface area (Å²) in [5, 5.41) is 0. The van der Waals surface area contributed by atoms with Gasteiger partial charge in [0.2, 0.25) is 0 Å². The fourth-order valence-corrected chi connectivity index (χ4v) is 1.31. The van der Waals surface area contributed by atoms with Crippen LogP contribution >= 0.6 is 0 Å². The molecule has 0 aromatic heterocycles. The minimum atomic E-state index is -4.31. The molecule has 0 fully saturated rings. The average molecular weight is 200 g/mol. The number of fused-ring (bicyclic) bond motifs is 1. The molecule has 1 heterocycles. The monoisotopic (exact) mass is 200 g/mol. The van der Waals surface area contributed by atoms with E-state index in [4.69, 9.17) is 4.74 Å². The maximum Gasteiger partial charge on any atom is 0.416 e. The van der Waals surface area contributed by atoms with Crippen molar-refractivity contribution in [3.8, 4) is 5.75 Å². The van der Waals surface area contributed by atoms with E-state index >= 15 is 0 Å². The smallest absolute Gasteiger partial charge is 0.416 e. The van der Waals surface area contributed by atoms with Crippen LogP contribution in [0.4, 0.5) is 13.2 Å². The minimum Gasteiger partial charge on any atom is -0.493 e. The number of rotatable bonds is 0. The summed E-state index contributed by atoms with van der Waals surface area (Å²) in [6.07, 6.45) is -0.737. The summed E-state index contributed by atoms with van der Waals surface area (Å²) in [4.78, 5) is 0. The van der Waals surface area contributed by atoms with Gasteiger partial charge in [-0.15, -0.1) is 0 Å². The second kappa shape index (κ2) is 3.19. The van der Waals surface area contributed by atoms with E-state index in [-0.39, 0.29) is 5.75 Å². The number of alkyl halides is 3. The Balaban J connectivity index is 2.39. The summed E-state index contributed by atoms with van der Waals surface area (Å²) in [5.74, 6) is 0.270. The predicted molar refractivity (Wildman–Crippen MR) is 43.9 cm³/mol. The van der Waals surface area contributed by atoms with Crippen LogP contribution in [-0.4, -0.2) is 6.61 Å². The van der Waals surface area contributed by atoms with Crippen molar-refractivity contribution in [2.75, 3.05) is 6.61 Å². The molecule has 0 spiro atoms. The molecular formula is C10H7F3O. The lowest BCUT2D eigenvalue weighted by molar-refractivity contribution is -0.137. The van der Waals surface area contributed by atoms with E-state index in [1.165, 1.54) is 6.07 Å². The third kappa shape index (κ3) is 1.69. The number of halogens is 3. The Morgan fingerprint density at radius 2 is 2.07 bits per heavy atom. The maximum absolute atomic E-state index is 12.3. The summed E-state index contributed by atoms with van der Waals surface area (Å²) in [6, 6.07) is 3.44. The van der Waals surface area contributed by atoms with Gasteiger partial charge in [-0.2, -0.15) is 13.2 Å². The van der Waals surface area contributed by atoms with E-state index in [1.807, 2.05) is 0 Å². The summed E-state index contributed by atoms with van der Waals surface area (Å²) >= 11 is 0. The minimum absolute atomic E-state index is 0.270. The van der Waals surface area contributed by atoms with Crippen molar-refractivity contribution in [2.24, 2.45) is 0 Å². The molecule has 2 radical (unpaired) electrons. The van der Waals surface area contributed by atoms with Crippen LogP contribution in [0.25, 0.3) is 0 Å². The number of benzene rings is 1. The van der Waals surface area contributed by atoms with Gasteiger partial charge < -0.3 is 4.74 Å². The molecule has 0 N–H and O–H groups in total. The fourth-order valence-electron chi connectivity index (χ4n) is 1.31. The molecule has 1 aromatic carbocycles. The van der Waals surface area contributed by atoms with Crippen molar-refractivity contribution in [1.29, 1.82) is 0 Å². The number of hydrogen-bond donors (Lipinski definition) is 0. The molecule has 0 atom stereocenters. The molecule has 0 saturated heterocycles. The van der Waals surface area contributed by atoms with Gasteiger partial charge in [0.05, 0.1) is 12.2 Å². The van der Waals surface area contributed by atoms with Crippen LogP contribution < -0.4 is 4.74 Å². The Labute approximate surface area is 79.5 Å². The summed E-state index contributed by atoms with van der Waals surface area (Å²) in [7, 11) is 0. The third-order valence-corrected chi connectivity index (χ3v) is 1.98. The van der Waals surface area contributed by atoms with Crippen molar-refractivity contribution in [1.82, 2.24) is 0 Å². The van der Waals surface area contributed by atoms with Gasteiger partial charge in [-0.25, -0.2) is 0 Å². The molecule has 2 rings (SSSR count). The molecule has 14 heavy (non-hydrogen) atoms. The first-order valence-electron chi connectivity index (χ1n) is 4.15. The van der Waals surface area contributed by atoms with Crippen LogP contribution in [0.3, 0.4) is 0 Å². The maximum atomic E-state index is 12.3. The molecule has 1 nitrogen and oxygen atoms in total. The molecule has 0 amide bonds. The van der Waals surface area contributed by atoms with E-state index < -0.39 is 11.7 Å². The van der Waals surface area contributed by atoms with E-state index in [0.29, 0.717) is 18.6 Å². The lowest BCUT2D eigenvalue weighted by atomic mass is 10.0. The lowest BCUT2D eigenvalue weighted by Gasteiger charge is -2.17. The SMILES string of the molecule is FC(F)(F)c1ccc2c(c1)OCC[C]2. The van der Waals surface area contributed by atoms with Gasteiger partial charge in [0, 0.05) is 12.0 Å².